The Morgan fingerprint density at radius 1 is 1.04 bits per heavy atom. The summed E-state index contributed by atoms with van der Waals surface area (Å²) in [4.78, 5) is 25.0. The SMILES string of the molecule is COc1ccc(C(=O)N[C@H](C(=O)OCc2cc(C)ccc2C)C(C)C)cc1. The zero-order valence-electron chi connectivity index (χ0n) is 16.5. The van der Waals surface area contributed by atoms with Crippen LogP contribution in [0.5, 0.6) is 5.75 Å². The number of nitrogens with one attached hydrogen (secondary N) is 1. The number of hydrogen-bond acceptors (Lipinski definition) is 4. The summed E-state index contributed by atoms with van der Waals surface area (Å²) >= 11 is 0. The maximum absolute atomic E-state index is 12.6. The Labute approximate surface area is 160 Å². The van der Waals surface area contributed by atoms with E-state index in [9.17, 15) is 9.59 Å². The fourth-order valence-electron chi connectivity index (χ4n) is 2.66. The monoisotopic (exact) mass is 369 g/mol. The lowest BCUT2D eigenvalue weighted by Crippen LogP contribution is -2.45. The largest absolute Gasteiger partial charge is 0.497 e. The number of rotatable bonds is 7. The van der Waals surface area contributed by atoms with Gasteiger partial charge in [-0.15, -0.1) is 0 Å². The first-order chi connectivity index (χ1) is 12.8. The van der Waals surface area contributed by atoms with Gasteiger partial charge in [0, 0.05) is 5.56 Å². The van der Waals surface area contributed by atoms with Crippen LogP contribution in [0.15, 0.2) is 42.5 Å². The predicted molar refractivity (Wildman–Crippen MR) is 105 cm³/mol. The van der Waals surface area contributed by atoms with E-state index in [1.807, 2.05) is 45.9 Å². The summed E-state index contributed by atoms with van der Waals surface area (Å²) in [7, 11) is 1.57. The quantitative estimate of drug-likeness (QED) is 0.754. The van der Waals surface area contributed by atoms with Crippen LogP contribution >= 0.6 is 0 Å². The lowest BCUT2D eigenvalue weighted by atomic mass is 10.0. The van der Waals surface area contributed by atoms with Crippen molar-refractivity contribution in [3.63, 3.8) is 0 Å². The van der Waals surface area contributed by atoms with Crippen LogP contribution in [0.1, 0.15) is 40.9 Å². The molecule has 5 nitrogen and oxygen atoms in total. The molecular weight excluding hydrogens is 342 g/mol. The van der Waals surface area contributed by atoms with Crippen LogP contribution in [-0.4, -0.2) is 25.0 Å². The molecule has 0 aromatic heterocycles. The standard InChI is InChI=1S/C22H27NO4/c1-14(2)20(23-21(24)17-8-10-19(26-5)11-9-17)22(25)27-13-18-12-15(3)6-7-16(18)4/h6-12,14,20H,13H2,1-5H3,(H,23,24)/t20-/m0/s1. The van der Waals surface area contributed by atoms with Gasteiger partial charge in [0.05, 0.1) is 7.11 Å². The van der Waals surface area contributed by atoms with E-state index in [0.29, 0.717) is 11.3 Å². The number of aryl methyl sites for hydroxylation is 2. The minimum absolute atomic E-state index is 0.0988. The second-order valence-corrected chi connectivity index (χ2v) is 6.96. The fourth-order valence-corrected chi connectivity index (χ4v) is 2.66. The van der Waals surface area contributed by atoms with Crippen LogP contribution in [0, 0.1) is 19.8 Å². The van der Waals surface area contributed by atoms with E-state index in [0.717, 1.165) is 16.7 Å². The van der Waals surface area contributed by atoms with Crippen molar-refractivity contribution >= 4 is 11.9 Å². The molecule has 0 aliphatic rings. The van der Waals surface area contributed by atoms with E-state index < -0.39 is 12.0 Å². The molecule has 0 heterocycles. The van der Waals surface area contributed by atoms with Crippen LogP contribution in [0.25, 0.3) is 0 Å². The molecule has 0 radical (unpaired) electrons. The maximum Gasteiger partial charge on any atom is 0.329 e. The van der Waals surface area contributed by atoms with Gasteiger partial charge in [0.25, 0.3) is 5.91 Å². The Hall–Kier alpha value is -2.82. The highest BCUT2D eigenvalue weighted by Crippen LogP contribution is 2.15. The lowest BCUT2D eigenvalue weighted by Gasteiger charge is -2.21. The molecule has 0 bridgehead atoms. The van der Waals surface area contributed by atoms with Crippen LogP contribution in [0.2, 0.25) is 0 Å². The first-order valence-corrected chi connectivity index (χ1v) is 8.99. The van der Waals surface area contributed by atoms with E-state index in [4.69, 9.17) is 9.47 Å². The van der Waals surface area contributed by atoms with E-state index in [2.05, 4.69) is 5.32 Å². The molecule has 0 aliphatic heterocycles. The Balaban J connectivity index is 2.03. The zero-order chi connectivity index (χ0) is 20.0. The molecule has 1 atom stereocenters. The van der Waals surface area contributed by atoms with E-state index in [1.54, 1.807) is 31.4 Å². The van der Waals surface area contributed by atoms with Crippen molar-refractivity contribution in [2.24, 2.45) is 5.92 Å². The third kappa shape index (κ3) is 5.58. The van der Waals surface area contributed by atoms with Crippen molar-refractivity contribution in [1.29, 1.82) is 0 Å². The van der Waals surface area contributed by atoms with Crippen LogP contribution in [-0.2, 0) is 16.1 Å². The molecule has 27 heavy (non-hydrogen) atoms. The highest BCUT2D eigenvalue weighted by atomic mass is 16.5. The van der Waals surface area contributed by atoms with Crippen molar-refractivity contribution < 1.29 is 19.1 Å². The summed E-state index contributed by atoms with van der Waals surface area (Å²) in [6.45, 7) is 7.91. The molecule has 144 valence electrons. The van der Waals surface area contributed by atoms with Crippen LogP contribution < -0.4 is 10.1 Å². The van der Waals surface area contributed by atoms with Gasteiger partial charge in [-0.05, 0) is 55.2 Å². The molecule has 0 spiro atoms. The van der Waals surface area contributed by atoms with Gasteiger partial charge < -0.3 is 14.8 Å². The molecule has 5 heteroatoms. The summed E-state index contributed by atoms with van der Waals surface area (Å²) in [6.07, 6.45) is 0. The van der Waals surface area contributed by atoms with Crippen molar-refractivity contribution in [2.75, 3.05) is 7.11 Å². The second-order valence-electron chi connectivity index (χ2n) is 6.96. The van der Waals surface area contributed by atoms with Gasteiger partial charge in [0.1, 0.15) is 18.4 Å². The second kappa shape index (κ2) is 9.21. The molecule has 2 rings (SSSR count). The third-order valence-electron chi connectivity index (χ3n) is 4.43. The molecule has 1 amide bonds. The average Bonchev–Trinajstić information content (AvgIpc) is 2.66. The minimum atomic E-state index is -0.718. The van der Waals surface area contributed by atoms with Crippen molar-refractivity contribution in [3.8, 4) is 5.75 Å². The molecule has 0 aliphatic carbocycles. The summed E-state index contributed by atoms with van der Waals surface area (Å²) in [6, 6.07) is 12.0. The number of hydrogen-bond donors (Lipinski definition) is 1. The zero-order valence-corrected chi connectivity index (χ0v) is 16.5. The number of esters is 1. The third-order valence-corrected chi connectivity index (χ3v) is 4.43. The highest BCUT2D eigenvalue weighted by molar-refractivity contribution is 5.96. The van der Waals surface area contributed by atoms with Crippen LogP contribution in [0.4, 0.5) is 0 Å². The number of carbonyl (C=O) groups excluding carboxylic acids is 2. The van der Waals surface area contributed by atoms with Gasteiger partial charge in [0.15, 0.2) is 0 Å². The molecule has 0 unspecified atom stereocenters. The van der Waals surface area contributed by atoms with Crippen molar-refractivity contribution in [1.82, 2.24) is 5.32 Å². The Bertz CT molecular complexity index is 796. The van der Waals surface area contributed by atoms with Crippen molar-refractivity contribution in [3.05, 3.63) is 64.7 Å². The van der Waals surface area contributed by atoms with Gasteiger partial charge in [-0.1, -0.05) is 37.6 Å². The minimum Gasteiger partial charge on any atom is -0.497 e. The van der Waals surface area contributed by atoms with E-state index in [1.165, 1.54) is 0 Å². The summed E-state index contributed by atoms with van der Waals surface area (Å²) in [5, 5.41) is 2.78. The van der Waals surface area contributed by atoms with Gasteiger partial charge in [-0.25, -0.2) is 4.79 Å². The first kappa shape index (κ1) is 20.5. The lowest BCUT2D eigenvalue weighted by molar-refractivity contribution is -0.148. The Morgan fingerprint density at radius 2 is 1.70 bits per heavy atom. The predicted octanol–water partition coefficient (Wildman–Crippen LogP) is 3.81. The summed E-state index contributed by atoms with van der Waals surface area (Å²) < 4.78 is 10.6. The maximum atomic E-state index is 12.6. The van der Waals surface area contributed by atoms with Gasteiger partial charge in [0.2, 0.25) is 0 Å². The average molecular weight is 369 g/mol. The molecule has 0 fully saturated rings. The van der Waals surface area contributed by atoms with E-state index >= 15 is 0 Å². The molecule has 0 saturated carbocycles. The molecule has 1 N–H and O–H groups in total. The number of benzene rings is 2. The molecular formula is C22H27NO4. The smallest absolute Gasteiger partial charge is 0.329 e. The Kier molecular flexibility index (Phi) is 6.99. The van der Waals surface area contributed by atoms with Gasteiger partial charge in [-0.2, -0.15) is 0 Å². The number of methoxy groups -OCH3 is 1. The summed E-state index contributed by atoms with van der Waals surface area (Å²) in [5.74, 6) is -0.189. The summed E-state index contributed by atoms with van der Waals surface area (Å²) in [5.41, 5.74) is 3.60. The number of amides is 1. The molecule has 0 saturated heterocycles. The van der Waals surface area contributed by atoms with Crippen LogP contribution in [0.3, 0.4) is 0 Å². The fraction of sp³-hybridized carbons (Fsp3) is 0.364. The first-order valence-electron chi connectivity index (χ1n) is 8.99. The number of carbonyl (C=O) groups is 2. The highest BCUT2D eigenvalue weighted by Gasteiger charge is 2.26. The van der Waals surface area contributed by atoms with Gasteiger partial charge >= 0.3 is 5.97 Å². The topological polar surface area (TPSA) is 64.6 Å². The Morgan fingerprint density at radius 3 is 2.30 bits per heavy atom. The van der Waals surface area contributed by atoms with E-state index in [-0.39, 0.29) is 18.4 Å². The normalized spacial score (nSPS) is 11.8. The number of ether oxygens (including phenoxy) is 2. The molecule has 2 aromatic carbocycles. The van der Waals surface area contributed by atoms with Gasteiger partial charge in [-0.3, -0.25) is 4.79 Å². The van der Waals surface area contributed by atoms with Crippen molar-refractivity contribution in [2.45, 2.75) is 40.3 Å². The molecule has 2 aromatic rings.